The first-order valence-electron chi connectivity index (χ1n) is 10.3. The Bertz CT molecular complexity index is 1260. The van der Waals surface area contributed by atoms with E-state index in [2.05, 4.69) is 15.3 Å². The number of fused-ring (bicyclic) bond motifs is 1. The largest absolute Gasteiger partial charge is 0.324 e. The Balaban J connectivity index is 1.71. The minimum atomic E-state index is -3.33. The molecule has 4 rings (SSSR count). The van der Waals surface area contributed by atoms with Crippen LogP contribution in [0, 0.1) is 6.92 Å². The fourth-order valence-corrected chi connectivity index (χ4v) is 5.10. The number of anilines is 2. The maximum atomic E-state index is 12.6. The second-order valence-corrected chi connectivity index (χ2v) is 10.7. The molecule has 0 radical (unpaired) electrons. The zero-order valence-corrected chi connectivity index (χ0v) is 18.2. The molecule has 1 aliphatic rings. The molecule has 30 heavy (non-hydrogen) atoms. The third kappa shape index (κ3) is 3.71. The van der Waals surface area contributed by atoms with E-state index in [0.717, 1.165) is 42.3 Å². The van der Waals surface area contributed by atoms with E-state index in [1.54, 1.807) is 54.9 Å². The van der Waals surface area contributed by atoms with Crippen LogP contribution in [0.1, 0.15) is 51.1 Å². The minimum Gasteiger partial charge on any atom is -0.324 e. The average molecular weight is 427 g/mol. The number of rotatable bonds is 5. The Hall–Kier alpha value is -2.74. The number of aromatic nitrogens is 3. The Kier molecular flexibility index (Phi) is 5.36. The maximum Gasteiger partial charge on any atom is 0.252 e. The lowest BCUT2D eigenvalue weighted by Gasteiger charge is -2.17. The highest BCUT2D eigenvalue weighted by molar-refractivity contribution is 7.92. The van der Waals surface area contributed by atoms with E-state index in [0.29, 0.717) is 16.5 Å². The van der Waals surface area contributed by atoms with Gasteiger partial charge in [0.25, 0.3) is 5.56 Å². The highest BCUT2D eigenvalue weighted by Crippen LogP contribution is 2.30. The molecule has 1 aliphatic carbocycles. The summed E-state index contributed by atoms with van der Waals surface area (Å²) < 4.78 is 26.6. The summed E-state index contributed by atoms with van der Waals surface area (Å²) in [7, 11) is -3.33. The average Bonchev–Trinajstić information content (AvgIpc) is 3.23. The Morgan fingerprint density at radius 2 is 1.87 bits per heavy atom. The van der Waals surface area contributed by atoms with Crippen LogP contribution < -0.4 is 10.9 Å². The van der Waals surface area contributed by atoms with Crippen LogP contribution in [-0.4, -0.2) is 28.2 Å². The van der Waals surface area contributed by atoms with Gasteiger partial charge < -0.3 is 5.32 Å². The molecule has 0 atom stereocenters. The van der Waals surface area contributed by atoms with E-state index >= 15 is 0 Å². The molecule has 0 amide bonds. The number of sulfone groups is 1. The lowest BCUT2D eigenvalue weighted by atomic mass is 10.2. The lowest BCUT2D eigenvalue weighted by molar-refractivity contribution is 0.516. The van der Waals surface area contributed by atoms with Crippen molar-refractivity contribution >= 4 is 32.5 Å². The van der Waals surface area contributed by atoms with Crippen LogP contribution in [0.25, 0.3) is 11.0 Å². The number of pyridine rings is 1. The fourth-order valence-electron chi connectivity index (χ4n) is 3.96. The van der Waals surface area contributed by atoms with Gasteiger partial charge in [0.2, 0.25) is 5.95 Å². The molecule has 1 saturated carbocycles. The number of nitrogens with zero attached hydrogens (tertiary/aromatic N) is 3. The molecule has 2 heterocycles. The van der Waals surface area contributed by atoms with Gasteiger partial charge in [0.05, 0.1) is 10.1 Å². The van der Waals surface area contributed by atoms with Crippen LogP contribution in [0.15, 0.2) is 46.2 Å². The number of hydrogen-bond acceptors (Lipinski definition) is 6. The highest BCUT2D eigenvalue weighted by atomic mass is 32.2. The van der Waals surface area contributed by atoms with Gasteiger partial charge in [-0.2, -0.15) is 4.98 Å². The van der Waals surface area contributed by atoms with Crippen LogP contribution >= 0.6 is 0 Å². The molecule has 2 aromatic heterocycles. The van der Waals surface area contributed by atoms with Crippen molar-refractivity contribution in [2.75, 3.05) is 5.32 Å². The normalized spacial score (nSPS) is 15.2. The van der Waals surface area contributed by atoms with Gasteiger partial charge in [0.15, 0.2) is 9.84 Å². The summed E-state index contributed by atoms with van der Waals surface area (Å²) in [6.45, 7) is 5.18. The first-order valence-corrected chi connectivity index (χ1v) is 11.8. The van der Waals surface area contributed by atoms with Gasteiger partial charge in [0, 0.05) is 29.4 Å². The molecule has 1 aromatic carbocycles. The number of benzene rings is 1. The van der Waals surface area contributed by atoms with Crippen molar-refractivity contribution in [3.05, 3.63) is 52.4 Å². The predicted octanol–water partition coefficient (Wildman–Crippen LogP) is 4.14. The first-order chi connectivity index (χ1) is 14.3. The molecular weight excluding hydrogens is 400 g/mol. The van der Waals surface area contributed by atoms with Crippen molar-refractivity contribution in [1.29, 1.82) is 0 Å². The molecule has 0 unspecified atom stereocenters. The Labute approximate surface area is 176 Å². The molecule has 1 N–H and O–H groups in total. The van der Waals surface area contributed by atoms with E-state index < -0.39 is 15.1 Å². The molecule has 0 bridgehead atoms. The molecule has 0 saturated heterocycles. The summed E-state index contributed by atoms with van der Waals surface area (Å²) in [5.74, 6) is 0.377. The summed E-state index contributed by atoms with van der Waals surface area (Å²) in [5, 5.41) is 3.52. The molecule has 1 fully saturated rings. The van der Waals surface area contributed by atoms with E-state index in [1.807, 2.05) is 6.92 Å². The van der Waals surface area contributed by atoms with E-state index in [9.17, 15) is 13.2 Å². The number of nitrogens with one attached hydrogen (secondary N) is 1. The van der Waals surface area contributed by atoms with E-state index in [1.165, 1.54) is 0 Å². The van der Waals surface area contributed by atoms with Crippen molar-refractivity contribution in [1.82, 2.24) is 14.5 Å². The van der Waals surface area contributed by atoms with Gasteiger partial charge in [-0.1, -0.05) is 12.8 Å². The van der Waals surface area contributed by atoms with Gasteiger partial charge in [-0.15, -0.1) is 0 Å². The second kappa shape index (κ2) is 7.83. The predicted molar refractivity (Wildman–Crippen MR) is 118 cm³/mol. The van der Waals surface area contributed by atoms with Crippen LogP contribution in [0.3, 0.4) is 0 Å². The quantitative estimate of drug-likeness (QED) is 0.659. The van der Waals surface area contributed by atoms with Crippen molar-refractivity contribution in [2.24, 2.45) is 0 Å². The standard InChI is InChI=1S/C22H26N4O3S/c1-14(2)30(28,29)18-9-10-19(15(3)12-18)24-22-23-13-16-8-11-20(27)26(21(16)25-22)17-6-4-5-7-17/h8-14,17H,4-7H2,1-3H3,(H,23,24,25). The second-order valence-electron chi connectivity index (χ2n) is 8.15. The summed E-state index contributed by atoms with van der Waals surface area (Å²) in [6.07, 6.45) is 5.92. The summed E-state index contributed by atoms with van der Waals surface area (Å²) in [5.41, 5.74) is 2.09. The third-order valence-corrected chi connectivity index (χ3v) is 7.90. The minimum absolute atomic E-state index is 0.0431. The van der Waals surface area contributed by atoms with Crippen LogP contribution in [0.2, 0.25) is 0 Å². The molecule has 0 aliphatic heterocycles. The zero-order chi connectivity index (χ0) is 21.5. The van der Waals surface area contributed by atoms with Crippen LogP contribution in [0.4, 0.5) is 11.6 Å². The van der Waals surface area contributed by atoms with E-state index in [4.69, 9.17) is 0 Å². The lowest BCUT2D eigenvalue weighted by Crippen LogP contribution is -2.23. The molecule has 0 spiro atoms. The fraction of sp³-hybridized carbons (Fsp3) is 0.409. The smallest absolute Gasteiger partial charge is 0.252 e. The SMILES string of the molecule is Cc1cc(S(=O)(=O)C(C)C)ccc1Nc1ncc2ccc(=O)n(C3CCCC3)c2n1. The summed E-state index contributed by atoms with van der Waals surface area (Å²) >= 11 is 0. The van der Waals surface area contributed by atoms with Crippen molar-refractivity contribution in [3.63, 3.8) is 0 Å². The Morgan fingerprint density at radius 3 is 2.53 bits per heavy atom. The van der Waals surface area contributed by atoms with Crippen molar-refractivity contribution in [2.45, 2.75) is 62.6 Å². The topological polar surface area (TPSA) is 94.0 Å². The van der Waals surface area contributed by atoms with Crippen LogP contribution in [-0.2, 0) is 9.84 Å². The monoisotopic (exact) mass is 426 g/mol. The first kappa shape index (κ1) is 20.5. The van der Waals surface area contributed by atoms with Crippen LogP contribution in [0.5, 0.6) is 0 Å². The van der Waals surface area contributed by atoms with Gasteiger partial charge in [-0.3, -0.25) is 9.36 Å². The van der Waals surface area contributed by atoms with Gasteiger partial charge in [-0.05, 0) is 63.4 Å². The maximum absolute atomic E-state index is 12.6. The Morgan fingerprint density at radius 1 is 1.13 bits per heavy atom. The summed E-state index contributed by atoms with van der Waals surface area (Å²) in [6, 6.07) is 8.49. The molecule has 3 aromatic rings. The molecule has 158 valence electrons. The molecule has 7 nitrogen and oxygen atoms in total. The van der Waals surface area contributed by atoms with E-state index in [-0.39, 0.29) is 11.6 Å². The van der Waals surface area contributed by atoms with Gasteiger partial charge in [0.1, 0.15) is 5.65 Å². The van der Waals surface area contributed by atoms with Crippen molar-refractivity contribution < 1.29 is 8.42 Å². The third-order valence-electron chi connectivity index (χ3n) is 5.75. The van der Waals surface area contributed by atoms with Gasteiger partial charge >= 0.3 is 0 Å². The van der Waals surface area contributed by atoms with Gasteiger partial charge in [-0.25, -0.2) is 13.4 Å². The molecule has 8 heteroatoms. The zero-order valence-electron chi connectivity index (χ0n) is 17.4. The summed E-state index contributed by atoms with van der Waals surface area (Å²) in [4.78, 5) is 21.9. The van der Waals surface area contributed by atoms with Crippen molar-refractivity contribution in [3.8, 4) is 0 Å². The molecular formula is C22H26N4O3S. The highest BCUT2D eigenvalue weighted by Gasteiger charge is 2.22. The number of hydrogen-bond donors (Lipinski definition) is 1. The number of aryl methyl sites for hydroxylation is 1.